The van der Waals surface area contributed by atoms with Crippen molar-refractivity contribution in [3.63, 3.8) is 0 Å². The molecule has 0 unspecified atom stereocenters. The maximum atomic E-state index is 2.75. The van der Waals surface area contributed by atoms with Gasteiger partial charge in [0.1, 0.15) is 0 Å². The summed E-state index contributed by atoms with van der Waals surface area (Å²) in [6, 6.07) is 0.810. The summed E-state index contributed by atoms with van der Waals surface area (Å²) in [6.07, 6.45) is 15.7. The molecule has 0 N–H and O–H groups in total. The molecular weight excluding hydrogens is 234 g/mol. The molecule has 0 radical (unpaired) electrons. The Hall–Kier alpha value is -0.120. The summed E-state index contributed by atoms with van der Waals surface area (Å²) >= 11 is 0. The quantitative estimate of drug-likeness (QED) is 0.774. The van der Waals surface area contributed by atoms with Gasteiger partial charge in [-0.2, -0.15) is 5.12 Å². The maximum absolute atomic E-state index is 2.75. The van der Waals surface area contributed by atoms with Gasteiger partial charge < -0.3 is 0 Å². The van der Waals surface area contributed by atoms with Gasteiger partial charge in [0, 0.05) is 32.2 Å². The first kappa shape index (κ1) is 13.8. The highest BCUT2D eigenvalue weighted by atomic mass is 15.9. The Labute approximate surface area is 118 Å². The van der Waals surface area contributed by atoms with E-state index < -0.39 is 0 Å². The van der Waals surface area contributed by atoms with Gasteiger partial charge in [0.05, 0.1) is 0 Å². The van der Waals surface area contributed by atoms with Crippen LogP contribution in [-0.2, 0) is 0 Å². The Kier molecular flexibility index (Phi) is 5.14. The number of rotatable bonds is 3. The Balaban J connectivity index is 1.68. The number of hydrogen-bond acceptors (Lipinski definition) is 3. The van der Waals surface area contributed by atoms with E-state index in [9.17, 15) is 0 Å². The van der Waals surface area contributed by atoms with Gasteiger partial charge in [-0.05, 0) is 38.5 Å². The Bertz CT molecular complexity index is 208. The van der Waals surface area contributed by atoms with E-state index in [1.807, 2.05) is 0 Å². The summed E-state index contributed by atoms with van der Waals surface area (Å²) in [4.78, 5) is 0. The minimum atomic E-state index is 0.810. The van der Waals surface area contributed by atoms with E-state index in [2.05, 4.69) is 15.1 Å². The van der Waals surface area contributed by atoms with Crippen LogP contribution in [0.2, 0.25) is 0 Å². The lowest BCUT2D eigenvalue weighted by atomic mass is 9.95. The minimum Gasteiger partial charge on any atom is -0.228 e. The summed E-state index contributed by atoms with van der Waals surface area (Å²) in [5.74, 6) is 0. The molecule has 110 valence electrons. The van der Waals surface area contributed by atoms with Crippen LogP contribution in [0.1, 0.15) is 70.6 Å². The molecule has 0 aromatic heterocycles. The zero-order valence-corrected chi connectivity index (χ0v) is 12.5. The predicted octanol–water partition coefficient (Wildman–Crippen LogP) is 3.42. The van der Waals surface area contributed by atoms with E-state index in [0.29, 0.717) is 0 Å². The molecule has 0 aromatic carbocycles. The largest absolute Gasteiger partial charge is 0.228 e. The van der Waals surface area contributed by atoms with Crippen molar-refractivity contribution in [3.8, 4) is 0 Å². The molecule has 3 aliphatic rings. The van der Waals surface area contributed by atoms with E-state index in [0.717, 1.165) is 6.04 Å². The molecule has 0 bridgehead atoms. The molecule has 1 saturated carbocycles. The van der Waals surface area contributed by atoms with Crippen molar-refractivity contribution in [2.45, 2.75) is 76.7 Å². The van der Waals surface area contributed by atoms with Crippen LogP contribution in [0.3, 0.4) is 0 Å². The van der Waals surface area contributed by atoms with Crippen LogP contribution in [0.25, 0.3) is 0 Å². The molecule has 19 heavy (non-hydrogen) atoms. The van der Waals surface area contributed by atoms with Gasteiger partial charge in [0.25, 0.3) is 0 Å². The zero-order chi connectivity index (χ0) is 12.9. The van der Waals surface area contributed by atoms with Crippen LogP contribution in [0.5, 0.6) is 0 Å². The van der Waals surface area contributed by atoms with Gasteiger partial charge in [0.2, 0.25) is 0 Å². The van der Waals surface area contributed by atoms with Gasteiger partial charge in [0.15, 0.2) is 0 Å². The minimum absolute atomic E-state index is 0.810. The third-order valence-corrected chi connectivity index (χ3v) is 5.15. The molecule has 2 aliphatic heterocycles. The van der Waals surface area contributed by atoms with Crippen molar-refractivity contribution in [2.75, 3.05) is 26.2 Å². The van der Waals surface area contributed by atoms with Gasteiger partial charge in [-0.1, -0.05) is 32.1 Å². The summed E-state index contributed by atoms with van der Waals surface area (Å²) < 4.78 is 0. The van der Waals surface area contributed by atoms with Gasteiger partial charge in [-0.3, -0.25) is 0 Å². The van der Waals surface area contributed by atoms with E-state index >= 15 is 0 Å². The average Bonchev–Trinajstić information content (AvgIpc) is 2.51. The van der Waals surface area contributed by atoms with Gasteiger partial charge >= 0.3 is 0 Å². The highest BCUT2D eigenvalue weighted by Crippen LogP contribution is 2.28. The van der Waals surface area contributed by atoms with Crippen molar-refractivity contribution in [2.24, 2.45) is 0 Å². The van der Waals surface area contributed by atoms with Crippen molar-refractivity contribution in [1.82, 2.24) is 15.1 Å². The van der Waals surface area contributed by atoms with Crippen molar-refractivity contribution in [1.29, 1.82) is 0 Å². The maximum Gasteiger partial charge on any atom is 0.0404 e. The molecule has 2 saturated heterocycles. The number of nitrogens with zero attached hydrogens (tertiary/aromatic N) is 3. The molecule has 0 aromatic rings. The molecule has 2 heterocycles. The number of hydrogen-bond donors (Lipinski definition) is 0. The van der Waals surface area contributed by atoms with Gasteiger partial charge in [-0.15, -0.1) is 0 Å². The first-order valence-corrected chi connectivity index (χ1v) is 8.74. The van der Waals surface area contributed by atoms with Gasteiger partial charge in [-0.25, -0.2) is 10.0 Å². The fourth-order valence-electron chi connectivity index (χ4n) is 4.12. The Morgan fingerprint density at radius 3 is 1.42 bits per heavy atom. The lowest BCUT2D eigenvalue weighted by Gasteiger charge is -2.50. The fraction of sp³-hybridized carbons (Fsp3) is 1.00. The topological polar surface area (TPSA) is 9.72 Å². The van der Waals surface area contributed by atoms with Crippen LogP contribution >= 0.6 is 0 Å². The second kappa shape index (κ2) is 7.05. The van der Waals surface area contributed by atoms with Crippen molar-refractivity contribution in [3.05, 3.63) is 0 Å². The summed E-state index contributed by atoms with van der Waals surface area (Å²) in [7, 11) is 0. The zero-order valence-electron chi connectivity index (χ0n) is 12.5. The first-order chi connectivity index (χ1) is 9.45. The molecule has 3 rings (SSSR count). The monoisotopic (exact) mass is 265 g/mol. The van der Waals surface area contributed by atoms with E-state index in [4.69, 9.17) is 0 Å². The standard InChI is InChI=1S/C16H31N3/c1-4-10-16(11-5-1)19(17-12-6-2-7-13-17)18-14-8-3-9-15-18/h16H,1-15H2. The molecule has 1 aliphatic carbocycles. The normalized spacial score (nSPS) is 28.9. The number of hydrazine groups is 2. The van der Waals surface area contributed by atoms with Crippen LogP contribution in [0.4, 0.5) is 0 Å². The number of piperidine rings is 2. The Morgan fingerprint density at radius 2 is 0.947 bits per heavy atom. The highest BCUT2D eigenvalue weighted by Gasteiger charge is 2.32. The highest BCUT2D eigenvalue weighted by molar-refractivity contribution is 4.77. The second-order valence-electron chi connectivity index (χ2n) is 6.64. The first-order valence-electron chi connectivity index (χ1n) is 8.74. The average molecular weight is 265 g/mol. The SMILES string of the molecule is C1CCC(N(N2CCCCC2)N2CCCCC2)CC1. The van der Waals surface area contributed by atoms with E-state index in [1.165, 1.54) is 96.8 Å². The Morgan fingerprint density at radius 1 is 0.526 bits per heavy atom. The molecule has 3 nitrogen and oxygen atoms in total. The predicted molar refractivity (Wildman–Crippen MR) is 79.6 cm³/mol. The van der Waals surface area contributed by atoms with Crippen LogP contribution < -0.4 is 0 Å². The lowest BCUT2D eigenvalue weighted by Crippen LogP contribution is -2.60. The molecule has 0 amide bonds. The van der Waals surface area contributed by atoms with Crippen LogP contribution in [0.15, 0.2) is 0 Å². The van der Waals surface area contributed by atoms with E-state index in [-0.39, 0.29) is 0 Å². The second-order valence-corrected chi connectivity index (χ2v) is 6.64. The smallest absolute Gasteiger partial charge is 0.0404 e. The molecule has 0 atom stereocenters. The molecule has 0 spiro atoms. The van der Waals surface area contributed by atoms with E-state index in [1.54, 1.807) is 0 Å². The van der Waals surface area contributed by atoms with Crippen LogP contribution in [-0.4, -0.2) is 47.4 Å². The summed E-state index contributed by atoms with van der Waals surface area (Å²) in [5.41, 5.74) is 0. The summed E-state index contributed by atoms with van der Waals surface area (Å²) in [5, 5.41) is 8.15. The van der Waals surface area contributed by atoms with Crippen molar-refractivity contribution < 1.29 is 0 Å². The third kappa shape index (κ3) is 3.50. The fourth-order valence-corrected chi connectivity index (χ4v) is 4.12. The van der Waals surface area contributed by atoms with Crippen LogP contribution in [0, 0.1) is 0 Å². The third-order valence-electron chi connectivity index (χ3n) is 5.15. The lowest BCUT2D eigenvalue weighted by molar-refractivity contribution is -0.228. The summed E-state index contributed by atoms with van der Waals surface area (Å²) in [6.45, 7) is 5.19. The molecule has 3 heteroatoms. The molecule has 3 fully saturated rings. The molecular formula is C16H31N3. The van der Waals surface area contributed by atoms with Crippen molar-refractivity contribution >= 4 is 0 Å².